The molecule has 0 spiro atoms. The first-order valence-electron chi connectivity index (χ1n) is 13.4. The molecule has 36 heavy (non-hydrogen) atoms. The van der Waals surface area contributed by atoms with E-state index in [1.165, 1.54) is 11.1 Å². The van der Waals surface area contributed by atoms with Gasteiger partial charge in [0, 0.05) is 37.3 Å². The van der Waals surface area contributed by atoms with Crippen molar-refractivity contribution in [2.75, 3.05) is 13.1 Å². The third kappa shape index (κ3) is 7.73. The van der Waals surface area contributed by atoms with E-state index in [1.807, 2.05) is 0 Å². The predicted octanol–water partition coefficient (Wildman–Crippen LogP) is 7.17. The molecule has 0 saturated heterocycles. The molecule has 0 aliphatic rings. The molecule has 0 atom stereocenters. The number of hydrogen-bond acceptors (Lipinski definition) is 4. The van der Waals surface area contributed by atoms with Crippen LogP contribution in [0, 0.1) is 0 Å². The topological polar surface area (TPSA) is 64.5 Å². The third-order valence-corrected chi connectivity index (χ3v) is 6.84. The molecule has 0 bridgehead atoms. The van der Waals surface area contributed by atoms with Gasteiger partial charge in [-0.3, -0.25) is 0 Å². The molecular weight excluding hydrogens is 444 g/mol. The Morgan fingerprint density at radius 1 is 0.500 bits per heavy atom. The molecule has 0 radical (unpaired) electrons. The first kappa shape index (κ1) is 30.2. The second kappa shape index (κ2) is 10.8. The molecule has 0 amide bonds. The van der Waals surface area contributed by atoms with Crippen molar-refractivity contribution < 1.29 is 10.2 Å². The van der Waals surface area contributed by atoms with Crippen LogP contribution in [-0.4, -0.2) is 23.3 Å². The van der Waals surface area contributed by atoms with Crippen molar-refractivity contribution in [1.82, 2.24) is 10.6 Å². The lowest BCUT2D eigenvalue weighted by Gasteiger charge is -2.28. The van der Waals surface area contributed by atoms with Gasteiger partial charge in [-0.05, 0) is 43.9 Å². The van der Waals surface area contributed by atoms with E-state index in [9.17, 15) is 10.2 Å². The molecule has 0 fully saturated rings. The van der Waals surface area contributed by atoms with Gasteiger partial charge in [0.15, 0.2) is 0 Å². The van der Waals surface area contributed by atoms with Crippen molar-refractivity contribution in [2.24, 2.45) is 0 Å². The van der Waals surface area contributed by atoms with E-state index in [1.54, 1.807) is 0 Å². The molecule has 0 aliphatic heterocycles. The molecule has 4 heteroatoms. The van der Waals surface area contributed by atoms with Crippen LogP contribution in [0.1, 0.15) is 116 Å². The summed E-state index contributed by atoms with van der Waals surface area (Å²) in [4.78, 5) is 0. The Balaban J connectivity index is 2.08. The monoisotopic (exact) mass is 496 g/mol. The summed E-state index contributed by atoms with van der Waals surface area (Å²) in [6.07, 6.45) is 0. The van der Waals surface area contributed by atoms with Crippen LogP contribution >= 0.6 is 0 Å². The minimum absolute atomic E-state index is 0.0134. The van der Waals surface area contributed by atoms with Crippen molar-refractivity contribution in [2.45, 2.75) is 118 Å². The smallest absolute Gasteiger partial charge is 0.123 e. The summed E-state index contributed by atoms with van der Waals surface area (Å²) in [6, 6.07) is 8.58. The molecular formula is C32H52N2O2. The van der Waals surface area contributed by atoms with E-state index < -0.39 is 0 Å². The molecule has 0 unspecified atom stereocenters. The summed E-state index contributed by atoms with van der Waals surface area (Å²) in [5, 5.41) is 29.0. The summed E-state index contributed by atoms with van der Waals surface area (Å²) < 4.78 is 0. The standard InChI is InChI=1S/C32H52N2O2/c1-29(2,3)23-15-21(27(35)25(17-23)31(7,8)9)19-33-13-14-34-20-22-16-24(30(4,5)6)18-26(28(22)36)32(10,11)12/h15-18,33-36H,13-14,19-20H2,1-12H3. The van der Waals surface area contributed by atoms with Crippen LogP contribution in [-0.2, 0) is 34.7 Å². The van der Waals surface area contributed by atoms with E-state index in [0.717, 1.165) is 35.3 Å². The highest BCUT2D eigenvalue weighted by molar-refractivity contribution is 5.49. The molecule has 2 aromatic rings. The fraction of sp³-hybridized carbons (Fsp3) is 0.625. The van der Waals surface area contributed by atoms with Crippen LogP contribution in [0.25, 0.3) is 0 Å². The Morgan fingerprint density at radius 3 is 1.06 bits per heavy atom. The fourth-order valence-electron chi connectivity index (χ4n) is 4.29. The Labute approximate surface area is 220 Å². The van der Waals surface area contributed by atoms with Gasteiger partial charge in [-0.2, -0.15) is 0 Å². The molecule has 2 rings (SSSR count). The highest BCUT2D eigenvalue weighted by Crippen LogP contribution is 2.39. The average Bonchev–Trinajstić information content (AvgIpc) is 2.69. The SMILES string of the molecule is CC(C)(C)c1cc(CNCCNCc2cc(C(C)(C)C)cc(C(C)(C)C)c2O)c(O)c(C(C)(C)C)c1. The highest BCUT2D eigenvalue weighted by atomic mass is 16.3. The van der Waals surface area contributed by atoms with Gasteiger partial charge in [0.2, 0.25) is 0 Å². The van der Waals surface area contributed by atoms with Crippen LogP contribution in [0.3, 0.4) is 0 Å². The second-order valence-corrected chi connectivity index (χ2v) is 14.4. The summed E-state index contributed by atoms with van der Waals surface area (Å²) in [6.45, 7) is 28.9. The molecule has 0 aliphatic carbocycles. The van der Waals surface area contributed by atoms with E-state index in [-0.39, 0.29) is 21.7 Å². The van der Waals surface area contributed by atoms with Gasteiger partial charge in [-0.1, -0.05) is 107 Å². The molecule has 0 aromatic heterocycles. The maximum Gasteiger partial charge on any atom is 0.123 e. The number of phenols is 2. The Kier molecular flexibility index (Phi) is 9.01. The molecule has 202 valence electrons. The van der Waals surface area contributed by atoms with Gasteiger partial charge in [0.1, 0.15) is 11.5 Å². The van der Waals surface area contributed by atoms with Gasteiger partial charge in [0.25, 0.3) is 0 Å². The predicted molar refractivity (Wildman–Crippen MR) is 154 cm³/mol. The van der Waals surface area contributed by atoms with Gasteiger partial charge in [-0.15, -0.1) is 0 Å². The van der Waals surface area contributed by atoms with Crippen molar-refractivity contribution in [3.63, 3.8) is 0 Å². The molecule has 4 nitrogen and oxygen atoms in total. The normalized spacial score (nSPS) is 13.3. The number of aromatic hydroxyl groups is 2. The lowest BCUT2D eigenvalue weighted by Crippen LogP contribution is -2.27. The average molecular weight is 497 g/mol. The van der Waals surface area contributed by atoms with Crippen LogP contribution in [0.4, 0.5) is 0 Å². The van der Waals surface area contributed by atoms with Crippen LogP contribution in [0.15, 0.2) is 24.3 Å². The van der Waals surface area contributed by atoms with Gasteiger partial charge < -0.3 is 20.8 Å². The molecule has 4 N–H and O–H groups in total. The van der Waals surface area contributed by atoms with E-state index in [2.05, 4.69) is 118 Å². The second-order valence-electron chi connectivity index (χ2n) is 14.4. The third-order valence-electron chi connectivity index (χ3n) is 6.84. The zero-order chi connectivity index (χ0) is 27.7. The number of phenolic OH excluding ortho intramolecular Hbond substituents is 2. The first-order chi connectivity index (χ1) is 16.2. The first-order valence-corrected chi connectivity index (χ1v) is 13.4. The minimum Gasteiger partial charge on any atom is -0.507 e. The van der Waals surface area contributed by atoms with Crippen LogP contribution in [0.5, 0.6) is 11.5 Å². The van der Waals surface area contributed by atoms with Crippen LogP contribution < -0.4 is 10.6 Å². The highest BCUT2D eigenvalue weighted by Gasteiger charge is 2.26. The maximum absolute atomic E-state index is 11.0. The zero-order valence-electron chi connectivity index (χ0n) is 25.0. The summed E-state index contributed by atoms with van der Waals surface area (Å²) in [5.74, 6) is 0.796. The summed E-state index contributed by atoms with van der Waals surface area (Å²) in [5.41, 5.74) is 6.12. The van der Waals surface area contributed by atoms with Crippen molar-refractivity contribution in [1.29, 1.82) is 0 Å². The summed E-state index contributed by atoms with van der Waals surface area (Å²) >= 11 is 0. The van der Waals surface area contributed by atoms with Crippen LogP contribution in [0.2, 0.25) is 0 Å². The molecule has 0 heterocycles. The van der Waals surface area contributed by atoms with Crippen molar-refractivity contribution >= 4 is 0 Å². The Morgan fingerprint density at radius 2 is 0.806 bits per heavy atom. The zero-order valence-corrected chi connectivity index (χ0v) is 25.0. The molecule has 2 aromatic carbocycles. The largest absolute Gasteiger partial charge is 0.507 e. The van der Waals surface area contributed by atoms with Crippen molar-refractivity contribution in [3.05, 3.63) is 57.6 Å². The fourth-order valence-corrected chi connectivity index (χ4v) is 4.29. The minimum atomic E-state index is -0.128. The van der Waals surface area contributed by atoms with E-state index in [0.29, 0.717) is 24.6 Å². The maximum atomic E-state index is 11.0. The van der Waals surface area contributed by atoms with Gasteiger partial charge >= 0.3 is 0 Å². The number of benzene rings is 2. The van der Waals surface area contributed by atoms with E-state index in [4.69, 9.17) is 0 Å². The van der Waals surface area contributed by atoms with Crippen molar-refractivity contribution in [3.8, 4) is 11.5 Å². The van der Waals surface area contributed by atoms with Gasteiger partial charge in [-0.25, -0.2) is 0 Å². The lowest BCUT2D eigenvalue weighted by atomic mass is 9.79. The number of nitrogens with one attached hydrogen (secondary N) is 2. The van der Waals surface area contributed by atoms with Gasteiger partial charge in [0.05, 0.1) is 0 Å². The quantitative estimate of drug-likeness (QED) is 0.307. The lowest BCUT2D eigenvalue weighted by molar-refractivity contribution is 0.432. The summed E-state index contributed by atoms with van der Waals surface area (Å²) in [7, 11) is 0. The number of hydrogen-bond donors (Lipinski definition) is 4. The molecule has 0 saturated carbocycles. The van der Waals surface area contributed by atoms with E-state index >= 15 is 0 Å². The Hall–Kier alpha value is -2.04. The number of rotatable bonds is 7. The Bertz CT molecular complexity index is 957.